The fourth-order valence-electron chi connectivity index (χ4n) is 1.70. The molecule has 22 heavy (non-hydrogen) atoms. The minimum absolute atomic E-state index is 0.482. The molecular formula is C16H28N4O2. The van der Waals surface area contributed by atoms with Gasteiger partial charge < -0.3 is 20.1 Å². The van der Waals surface area contributed by atoms with Crippen LogP contribution in [0.15, 0.2) is 23.3 Å². The van der Waals surface area contributed by atoms with Gasteiger partial charge in [-0.2, -0.15) is 0 Å². The van der Waals surface area contributed by atoms with Crippen molar-refractivity contribution >= 4 is 5.96 Å². The summed E-state index contributed by atoms with van der Waals surface area (Å²) in [6.45, 7) is 9.64. The predicted octanol–water partition coefficient (Wildman–Crippen LogP) is 1.82. The smallest absolute Gasteiger partial charge is 0.218 e. The van der Waals surface area contributed by atoms with Gasteiger partial charge in [-0.3, -0.25) is 0 Å². The molecule has 0 radical (unpaired) electrons. The summed E-state index contributed by atoms with van der Waals surface area (Å²) < 4.78 is 10.6. The van der Waals surface area contributed by atoms with Crippen LogP contribution in [-0.2, 0) is 11.3 Å². The van der Waals surface area contributed by atoms with Gasteiger partial charge in [0.15, 0.2) is 5.96 Å². The maximum atomic E-state index is 5.62. The lowest BCUT2D eigenvalue weighted by Crippen LogP contribution is -2.39. The normalized spacial score (nSPS) is 11.6. The number of pyridine rings is 1. The Balaban J connectivity index is 2.67. The van der Waals surface area contributed by atoms with E-state index >= 15 is 0 Å². The van der Waals surface area contributed by atoms with Crippen molar-refractivity contribution in [2.45, 2.75) is 27.3 Å². The zero-order chi connectivity index (χ0) is 16.2. The molecule has 0 unspecified atom stereocenters. The van der Waals surface area contributed by atoms with Crippen LogP contribution >= 0.6 is 0 Å². The predicted molar refractivity (Wildman–Crippen MR) is 89.3 cm³/mol. The first-order chi connectivity index (χ1) is 10.7. The van der Waals surface area contributed by atoms with Crippen molar-refractivity contribution < 1.29 is 9.47 Å². The van der Waals surface area contributed by atoms with E-state index in [-0.39, 0.29) is 0 Å². The molecule has 1 heterocycles. The Labute approximate surface area is 133 Å². The second-order valence-electron chi connectivity index (χ2n) is 5.28. The first kappa shape index (κ1) is 18.2. The third kappa shape index (κ3) is 7.26. The summed E-state index contributed by atoms with van der Waals surface area (Å²) in [6, 6.07) is 3.87. The fourth-order valence-corrected chi connectivity index (χ4v) is 1.70. The van der Waals surface area contributed by atoms with Crippen molar-refractivity contribution in [1.82, 2.24) is 15.6 Å². The van der Waals surface area contributed by atoms with E-state index in [1.165, 1.54) is 0 Å². The minimum Gasteiger partial charge on any atom is -0.475 e. The quantitative estimate of drug-likeness (QED) is 0.414. The lowest BCUT2D eigenvalue weighted by molar-refractivity contribution is 0.143. The van der Waals surface area contributed by atoms with Crippen LogP contribution in [0.4, 0.5) is 0 Å². The molecule has 6 heteroatoms. The largest absolute Gasteiger partial charge is 0.475 e. The van der Waals surface area contributed by atoms with E-state index in [4.69, 9.17) is 9.47 Å². The van der Waals surface area contributed by atoms with Crippen LogP contribution in [-0.4, -0.2) is 44.4 Å². The van der Waals surface area contributed by atoms with E-state index < -0.39 is 0 Å². The highest BCUT2D eigenvalue weighted by atomic mass is 16.5. The molecule has 1 rings (SSSR count). The SMILES string of the molecule is CCNC(=NCc1cccnc1OCCOC)NCC(C)C. The molecule has 0 aliphatic heterocycles. The van der Waals surface area contributed by atoms with E-state index in [0.717, 1.165) is 24.6 Å². The van der Waals surface area contributed by atoms with Crippen LogP contribution in [0.3, 0.4) is 0 Å². The molecule has 0 spiro atoms. The lowest BCUT2D eigenvalue weighted by Gasteiger charge is -2.13. The van der Waals surface area contributed by atoms with Crippen LogP contribution in [0.2, 0.25) is 0 Å². The Morgan fingerprint density at radius 3 is 2.82 bits per heavy atom. The van der Waals surface area contributed by atoms with Gasteiger partial charge >= 0.3 is 0 Å². The second-order valence-corrected chi connectivity index (χ2v) is 5.28. The van der Waals surface area contributed by atoms with Crippen molar-refractivity contribution in [3.63, 3.8) is 0 Å². The van der Waals surface area contributed by atoms with Gasteiger partial charge in [0.05, 0.1) is 13.2 Å². The molecule has 0 bridgehead atoms. The summed E-state index contributed by atoms with van der Waals surface area (Å²) in [6.07, 6.45) is 1.72. The molecule has 0 amide bonds. The zero-order valence-corrected chi connectivity index (χ0v) is 14.1. The first-order valence-corrected chi connectivity index (χ1v) is 7.75. The van der Waals surface area contributed by atoms with Crippen molar-refractivity contribution in [3.8, 4) is 5.88 Å². The van der Waals surface area contributed by atoms with Gasteiger partial charge in [0, 0.05) is 32.0 Å². The Bertz CT molecular complexity index is 450. The summed E-state index contributed by atoms with van der Waals surface area (Å²) in [5, 5.41) is 6.56. The molecular weight excluding hydrogens is 280 g/mol. The number of nitrogens with one attached hydrogen (secondary N) is 2. The third-order valence-corrected chi connectivity index (χ3v) is 2.81. The molecule has 0 saturated heterocycles. The molecule has 0 aliphatic carbocycles. The maximum absolute atomic E-state index is 5.62. The highest BCUT2D eigenvalue weighted by Crippen LogP contribution is 2.15. The van der Waals surface area contributed by atoms with Gasteiger partial charge in [0.2, 0.25) is 5.88 Å². The van der Waals surface area contributed by atoms with E-state index in [0.29, 0.717) is 31.6 Å². The Hall–Kier alpha value is -1.82. The average molecular weight is 308 g/mol. The summed E-state index contributed by atoms with van der Waals surface area (Å²) in [5.74, 6) is 1.99. The summed E-state index contributed by atoms with van der Waals surface area (Å²) in [7, 11) is 1.65. The highest BCUT2D eigenvalue weighted by Gasteiger charge is 2.05. The number of nitrogens with zero attached hydrogens (tertiary/aromatic N) is 2. The number of guanidine groups is 1. The summed E-state index contributed by atoms with van der Waals surface area (Å²) in [5.41, 5.74) is 0.959. The molecule has 0 saturated carbocycles. The number of rotatable bonds is 9. The summed E-state index contributed by atoms with van der Waals surface area (Å²) in [4.78, 5) is 8.85. The van der Waals surface area contributed by atoms with Gasteiger partial charge in [-0.25, -0.2) is 9.98 Å². The molecule has 0 atom stereocenters. The van der Waals surface area contributed by atoms with Crippen LogP contribution in [0.1, 0.15) is 26.3 Å². The zero-order valence-electron chi connectivity index (χ0n) is 14.1. The Kier molecular flexibility index (Phi) is 8.98. The maximum Gasteiger partial charge on any atom is 0.218 e. The minimum atomic E-state index is 0.482. The van der Waals surface area contributed by atoms with E-state index in [1.54, 1.807) is 13.3 Å². The molecule has 0 fully saturated rings. The number of aliphatic imine (C=N–C) groups is 1. The Morgan fingerprint density at radius 2 is 2.14 bits per heavy atom. The number of hydrogen-bond donors (Lipinski definition) is 2. The number of ether oxygens (including phenoxy) is 2. The highest BCUT2D eigenvalue weighted by molar-refractivity contribution is 5.79. The Morgan fingerprint density at radius 1 is 1.32 bits per heavy atom. The molecule has 0 aliphatic rings. The van der Waals surface area contributed by atoms with Gasteiger partial charge in [-0.1, -0.05) is 19.9 Å². The van der Waals surface area contributed by atoms with Crippen molar-refractivity contribution in [3.05, 3.63) is 23.9 Å². The standard InChI is InChI=1S/C16H28N4O2/c1-5-17-16(19-11-13(2)3)20-12-14-7-6-8-18-15(14)22-10-9-21-4/h6-8,13H,5,9-12H2,1-4H3,(H2,17,19,20). The van der Waals surface area contributed by atoms with Gasteiger partial charge in [-0.05, 0) is 18.9 Å². The van der Waals surface area contributed by atoms with E-state index in [9.17, 15) is 0 Å². The van der Waals surface area contributed by atoms with Gasteiger partial charge in [0.25, 0.3) is 0 Å². The van der Waals surface area contributed by atoms with Crippen LogP contribution < -0.4 is 15.4 Å². The second kappa shape index (κ2) is 10.8. The molecule has 124 valence electrons. The first-order valence-electron chi connectivity index (χ1n) is 7.75. The van der Waals surface area contributed by atoms with Crippen LogP contribution in [0.25, 0.3) is 0 Å². The molecule has 0 aromatic carbocycles. The topological polar surface area (TPSA) is 67.8 Å². The monoisotopic (exact) mass is 308 g/mol. The van der Waals surface area contributed by atoms with Crippen molar-refractivity contribution in [2.24, 2.45) is 10.9 Å². The molecule has 2 N–H and O–H groups in total. The van der Waals surface area contributed by atoms with Crippen molar-refractivity contribution in [2.75, 3.05) is 33.4 Å². The molecule has 1 aromatic rings. The van der Waals surface area contributed by atoms with Crippen LogP contribution in [0.5, 0.6) is 5.88 Å². The van der Waals surface area contributed by atoms with E-state index in [2.05, 4.69) is 41.4 Å². The lowest BCUT2D eigenvalue weighted by atomic mass is 10.2. The third-order valence-electron chi connectivity index (χ3n) is 2.81. The number of methoxy groups -OCH3 is 1. The number of aromatic nitrogens is 1. The molecule has 1 aromatic heterocycles. The van der Waals surface area contributed by atoms with Crippen LogP contribution in [0, 0.1) is 5.92 Å². The van der Waals surface area contributed by atoms with Gasteiger partial charge in [-0.15, -0.1) is 0 Å². The van der Waals surface area contributed by atoms with E-state index in [1.807, 2.05) is 12.1 Å². The van der Waals surface area contributed by atoms with Crippen molar-refractivity contribution in [1.29, 1.82) is 0 Å². The molecule has 6 nitrogen and oxygen atoms in total. The average Bonchev–Trinajstić information content (AvgIpc) is 2.51. The number of hydrogen-bond acceptors (Lipinski definition) is 4. The van der Waals surface area contributed by atoms with Gasteiger partial charge in [0.1, 0.15) is 6.61 Å². The summed E-state index contributed by atoms with van der Waals surface area (Å²) >= 11 is 0. The fraction of sp³-hybridized carbons (Fsp3) is 0.625.